The van der Waals surface area contributed by atoms with Gasteiger partial charge in [-0.3, -0.25) is 4.79 Å². The Balaban J connectivity index is 1.70. The fourth-order valence-corrected chi connectivity index (χ4v) is 4.77. The Labute approximate surface area is 182 Å². The third-order valence-electron chi connectivity index (χ3n) is 5.97. The molecule has 0 saturated heterocycles. The highest BCUT2D eigenvalue weighted by molar-refractivity contribution is 6.45. The van der Waals surface area contributed by atoms with Gasteiger partial charge >= 0.3 is 0 Å². The minimum Gasteiger partial charge on any atom is -0.387 e. The van der Waals surface area contributed by atoms with E-state index in [2.05, 4.69) is 10.3 Å². The molecular formula is C21H20Cl2N4O3. The van der Waals surface area contributed by atoms with Crippen molar-refractivity contribution in [1.82, 2.24) is 9.88 Å². The average molecular weight is 447 g/mol. The Morgan fingerprint density at radius 3 is 2.87 bits per heavy atom. The number of carbonyl (C=O) groups is 1. The number of aliphatic hydroxyl groups is 2. The zero-order valence-electron chi connectivity index (χ0n) is 16.2. The van der Waals surface area contributed by atoms with Crippen molar-refractivity contribution in [1.29, 1.82) is 0 Å². The van der Waals surface area contributed by atoms with Crippen molar-refractivity contribution in [3.05, 3.63) is 45.6 Å². The van der Waals surface area contributed by atoms with Crippen molar-refractivity contribution in [2.24, 2.45) is 0 Å². The topological polar surface area (TPSA) is 91.8 Å². The molecule has 9 heteroatoms. The number of nitrogens with one attached hydrogen (secondary N) is 2. The number of H-pyrrole nitrogens is 1. The molecule has 1 aromatic heterocycles. The number of anilines is 2. The van der Waals surface area contributed by atoms with E-state index in [-0.39, 0.29) is 5.91 Å². The first-order valence-corrected chi connectivity index (χ1v) is 10.4. The molecule has 4 N–H and O–H groups in total. The predicted octanol–water partition coefficient (Wildman–Crippen LogP) is 3.16. The highest BCUT2D eigenvalue weighted by atomic mass is 35.5. The summed E-state index contributed by atoms with van der Waals surface area (Å²) in [5.41, 5.74) is 6.28. The number of rotatable bonds is 2. The lowest BCUT2D eigenvalue weighted by molar-refractivity contribution is -0.135. The number of aromatic amines is 1. The van der Waals surface area contributed by atoms with Crippen LogP contribution in [0.15, 0.2) is 24.3 Å². The number of fused-ring (bicyclic) bond motifs is 4. The number of halogens is 2. The number of amides is 1. The lowest BCUT2D eigenvalue weighted by Crippen LogP contribution is -2.37. The first-order valence-electron chi connectivity index (χ1n) is 9.61. The third kappa shape index (κ3) is 2.85. The molecule has 156 valence electrons. The van der Waals surface area contributed by atoms with Crippen LogP contribution in [0.5, 0.6) is 0 Å². The van der Waals surface area contributed by atoms with Crippen molar-refractivity contribution in [2.75, 3.05) is 30.4 Å². The van der Waals surface area contributed by atoms with E-state index in [1.54, 1.807) is 9.80 Å². The van der Waals surface area contributed by atoms with Gasteiger partial charge in [0, 0.05) is 43.2 Å². The van der Waals surface area contributed by atoms with Crippen LogP contribution in [0.3, 0.4) is 0 Å². The van der Waals surface area contributed by atoms with Crippen LogP contribution in [0.1, 0.15) is 11.3 Å². The van der Waals surface area contributed by atoms with Crippen LogP contribution < -0.4 is 10.2 Å². The second kappa shape index (κ2) is 7.06. The second-order valence-corrected chi connectivity index (χ2v) is 8.42. The average Bonchev–Trinajstić information content (AvgIpc) is 3.27. The number of aliphatic hydroxyl groups excluding tert-OH is 2. The number of hydrogen-bond acceptors (Lipinski definition) is 5. The molecule has 7 nitrogen and oxygen atoms in total. The van der Waals surface area contributed by atoms with Crippen molar-refractivity contribution >= 4 is 51.4 Å². The summed E-state index contributed by atoms with van der Waals surface area (Å²) in [6.07, 6.45) is -0.131. The van der Waals surface area contributed by atoms with Crippen LogP contribution in [-0.2, 0) is 17.8 Å². The van der Waals surface area contributed by atoms with Crippen LogP contribution in [0, 0.1) is 0 Å². The summed E-state index contributed by atoms with van der Waals surface area (Å²) in [6.45, 7) is 0.417. The van der Waals surface area contributed by atoms with E-state index in [0.29, 0.717) is 29.6 Å². The lowest BCUT2D eigenvalue weighted by Gasteiger charge is -2.27. The molecule has 2 aliphatic rings. The summed E-state index contributed by atoms with van der Waals surface area (Å²) in [7, 11) is 1.82. The molecule has 0 bridgehead atoms. The number of hydrogen-bond donors (Lipinski definition) is 4. The zero-order valence-corrected chi connectivity index (χ0v) is 17.7. The molecule has 30 heavy (non-hydrogen) atoms. The monoisotopic (exact) mass is 446 g/mol. The highest BCUT2D eigenvalue weighted by Gasteiger charge is 2.28. The molecule has 0 radical (unpaired) electrons. The van der Waals surface area contributed by atoms with Crippen LogP contribution in [0.4, 0.5) is 11.4 Å². The zero-order chi connectivity index (χ0) is 21.2. The van der Waals surface area contributed by atoms with Gasteiger partial charge in [0.15, 0.2) is 0 Å². The molecule has 1 unspecified atom stereocenters. The maximum absolute atomic E-state index is 12.1. The van der Waals surface area contributed by atoms with Gasteiger partial charge in [-0.15, -0.1) is 0 Å². The Morgan fingerprint density at radius 1 is 1.30 bits per heavy atom. The third-order valence-corrected chi connectivity index (χ3v) is 6.76. The Kier molecular flexibility index (Phi) is 4.59. The van der Waals surface area contributed by atoms with E-state index in [9.17, 15) is 15.0 Å². The quantitative estimate of drug-likeness (QED) is 0.485. The number of benzene rings is 2. The second-order valence-electron chi connectivity index (χ2n) is 7.64. The van der Waals surface area contributed by atoms with E-state index in [0.717, 1.165) is 44.7 Å². The van der Waals surface area contributed by atoms with E-state index in [1.807, 2.05) is 31.3 Å². The van der Waals surface area contributed by atoms with Crippen LogP contribution in [-0.4, -0.2) is 52.6 Å². The van der Waals surface area contributed by atoms with Gasteiger partial charge in [-0.05, 0) is 29.3 Å². The Bertz CT molecular complexity index is 1190. The number of aromatic nitrogens is 1. The van der Waals surface area contributed by atoms with Gasteiger partial charge in [0.25, 0.3) is 0 Å². The molecular weight excluding hydrogens is 427 g/mol. The van der Waals surface area contributed by atoms with Crippen molar-refractivity contribution in [3.63, 3.8) is 0 Å². The van der Waals surface area contributed by atoms with Gasteiger partial charge in [0.1, 0.15) is 6.61 Å². The number of carbonyl (C=O) groups excluding carboxylic acids is 1. The SMILES string of the molecule is CN1c2ccc(-c3cc(Cl)c(Cl)c4[nH]c5c(c34)CN(C(=O)CO)CC5)cc2NC1O. The summed E-state index contributed by atoms with van der Waals surface area (Å²) < 4.78 is 0. The smallest absolute Gasteiger partial charge is 0.248 e. The van der Waals surface area contributed by atoms with E-state index in [1.165, 1.54) is 0 Å². The van der Waals surface area contributed by atoms with Gasteiger partial charge in [0.05, 0.1) is 26.9 Å². The first-order chi connectivity index (χ1) is 14.4. The minimum atomic E-state index is -0.776. The summed E-state index contributed by atoms with van der Waals surface area (Å²) in [5, 5.41) is 24.2. The van der Waals surface area contributed by atoms with Gasteiger partial charge < -0.3 is 30.3 Å². The minimum absolute atomic E-state index is 0.296. The largest absolute Gasteiger partial charge is 0.387 e. The summed E-state index contributed by atoms with van der Waals surface area (Å²) in [6, 6.07) is 7.74. The molecule has 1 amide bonds. The van der Waals surface area contributed by atoms with Crippen molar-refractivity contribution in [3.8, 4) is 11.1 Å². The van der Waals surface area contributed by atoms with Crippen LogP contribution in [0.2, 0.25) is 10.0 Å². The molecule has 5 rings (SSSR count). The maximum Gasteiger partial charge on any atom is 0.248 e. The fourth-order valence-electron chi connectivity index (χ4n) is 4.37. The molecule has 0 aliphatic carbocycles. The summed E-state index contributed by atoms with van der Waals surface area (Å²) >= 11 is 13.0. The van der Waals surface area contributed by atoms with Gasteiger partial charge in [-0.1, -0.05) is 29.3 Å². The molecule has 2 aromatic carbocycles. The predicted molar refractivity (Wildman–Crippen MR) is 118 cm³/mol. The molecule has 1 atom stereocenters. The van der Waals surface area contributed by atoms with Crippen LogP contribution >= 0.6 is 23.2 Å². The molecule has 0 spiro atoms. The van der Waals surface area contributed by atoms with E-state index in [4.69, 9.17) is 23.2 Å². The molecule has 0 fully saturated rings. The van der Waals surface area contributed by atoms with Gasteiger partial charge in [-0.2, -0.15) is 0 Å². The number of nitrogens with zero attached hydrogens (tertiary/aromatic N) is 2. The summed E-state index contributed by atoms with van der Waals surface area (Å²) in [5.74, 6) is -0.296. The Hall–Kier alpha value is -2.45. The molecule has 2 aliphatic heterocycles. The van der Waals surface area contributed by atoms with Crippen molar-refractivity contribution in [2.45, 2.75) is 19.3 Å². The standard InChI is InChI=1S/C21H20Cl2N4O3/c1-26-16-3-2-10(6-15(16)25-21(26)30)11-7-13(22)19(23)20-18(11)12-8-27(17(29)9-28)5-4-14(12)24-20/h2-3,6-7,21,24-25,28,30H,4-5,8-9H2,1H3. The van der Waals surface area contributed by atoms with Crippen LogP contribution in [0.25, 0.3) is 22.0 Å². The van der Waals surface area contributed by atoms with E-state index >= 15 is 0 Å². The van der Waals surface area contributed by atoms with Crippen molar-refractivity contribution < 1.29 is 15.0 Å². The Morgan fingerprint density at radius 2 is 2.10 bits per heavy atom. The van der Waals surface area contributed by atoms with Gasteiger partial charge in [-0.25, -0.2) is 0 Å². The summed E-state index contributed by atoms with van der Waals surface area (Å²) in [4.78, 5) is 18.9. The molecule has 3 aromatic rings. The maximum atomic E-state index is 12.1. The molecule has 0 saturated carbocycles. The first kappa shape index (κ1) is 19.5. The highest BCUT2D eigenvalue weighted by Crippen LogP contribution is 2.44. The van der Waals surface area contributed by atoms with E-state index < -0.39 is 13.0 Å². The fraction of sp³-hybridized carbons (Fsp3) is 0.286. The molecule has 3 heterocycles. The lowest BCUT2D eigenvalue weighted by atomic mass is 9.95. The normalized spacial score (nSPS) is 17.8. The van der Waals surface area contributed by atoms with Gasteiger partial charge in [0.2, 0.25) is 12.3 Å².